The average molecular weight is 206 g/mol. The third-order valence-corrected chi connectivity index (χ3v) is 4.25. The maximum atomic E-state index is 11.9. The Balaban J connectivity index is 2.20. The van der Waals surface area contributed by atoms with E-state index in [1.807, 2.05) is 0 Å². The first kappa shape index (κ1) is 10.9. The van der Waals surface area contributed by atoms with Crippen LogP contribution in [0.3, 0.4) is 0 Å². The Hall–Kier alpha value is -0.590. The van der Waals surface area contributed by atoms with E-state index in [0.29, 0.717) is 23.5 Å². The first-order valence-electron chi connectivity index (χ1n) is 6.27. The Bertz CT molecular complexity index is 286. The van der Waals surface area contributed by atoms with Gasteiger partial charge in [-0.05, 0) is 50.9 Å². The van der Waals surface area contributed by atoms with Crippen molar-refractivity contribution in [2.24, 2.45) is 23.7 Å². The normalized spacial score (nSPS) is 40.1. The minimum Gasteiger partial charge on any atom is -0.299 e. The third-order valence-electron chi connectivity index (χ3n) is 4.25. The summed E-state index contributed by atoms with van der Waals surface area (Å²) in [5, 5.41) is 0. The summed E-state index contributed by atoms with van der Waals surface area (Å²) in [6, 6.07) is 0. The van der Waals surface area contributed by atoms with Crippen LogP contribution in [0.25, 0.3) is 0 Å². The highest BCUT2D eigenvalue weighted by Gasteiger charge is 2.44. The van der Waals surface area contributed by atoms with Gasteiger partial charge in [0.15, 0.2) is 0 Å². The highest BCUT2D eigenvalue weighted by molar-refractivity contribution is 5.84. The molecule has 0 bridgehead atoms. The molecular formula is C14H22O. The van der Waals surface area contributed by atoms with Gasteiger partial charge in [0, 0.05) is 12.3 Å². The second kappa shape index (κ2) is 4.11. The molecule has 15 heavy (non-hydrogen) atoms. The molecule has 1 heteroatoms. The van der Waals surface area contributed by atoms with Crippen LogP contribution in [0.5, 0.6) is 0 Å². The second-order valence-corrected chi connectivity index (χ2v) is 5.66. The van der Waals surface area contributed by atoms with Crippen LogP contribution >= 0.6 is 0 Å². The van der Waals surface area contributed by atoms with Crippen LogP contribution in [0.2, 0.25) is 0 Å². The van der Waals surface area contributed by atoms with Gasteiger partial charge in [-0.2, -0.15) is 0 Å². The monoisotopic (exact) mass is 206 g/mol. The summed E-state index contributed by atoms with van der Waals surface area (Å²) in [4.78, 5) is 11.9. The van der Waals surface area contributed by atoms with Crippen molar-refractivity contribution in [1.29, 1.82) is 0 Å². The van der Waals surface area contributed by atoms with Crippen molar-refractivity contribution in [3.05, 3.63) is 11.6 Å². The van der Waals surface area contributed by atoms with E-state index >= 15 is 0 Å². The van der Waals surface area contributed by atoms with E-state index in [2.05, 4.69) is 26.8 Å². The summed E-state index contributed by atoms with van der Waals surface area (Å²) in [5.74, 6) is 2.90. The summed E-state index contributed by atoms with van der Waals surface area (Å²) in [6.07, 6.45) is 6.86. The molecule has 0 radical (unpaired) electrons. The van der Waals surface area contributed by atoms with Crippen LogP contribution in [0.1, 0.15) is 46.5 Å². The third kappa shape index (κ3) is 2.02. The van der Waals surface area contributed by atoms with Crippen molar-refractivity contribution in [3.63, 3.8) is 0 Å². The molecule has 0 aromatic heterocycles. The molecule has 4 unspecified atom stereocenters. The molecule has 0 amide bonds. The van der Waals surface area contributed by atoms with Crippen LogP contribution in [0.4, 0.5) is 0 Å². The quantitative estimate of drug-likeness (QED) is 0.599. The first-order valence-corrected chi connectivity index (χ1v) is 6.27. The minimum atomic E-state index is 0.364. The van der Waals surface area contributed by atoms with Gasteiger partial charge in [-0.25, -0.2) is 0 Å². The van der Waals surface area contributed by atoms with Gasteiger partial charge in [0.1, 0.15) is 5.78 Å². The molecule has 0 aromatic rings. The molecule has 2 saturated carbocycles. The number of carbonyl (C=O) groups is 1. The number of ketones is 1. The van der Waals surface area contributed by atoms with E-state index in [1.165, 1.54) is 18.4 Å². The highest BCUT2D eigenvalue weighted by Crippen LogP contribution is 2.47. The molecule has 1 nitrogen and oxygen atoms in total. The summed E-state index contributed by atoms with van der Waals surface area (Å²) < 4.78 is 0. The Morgan fingerprint density at radius 2 is 2.00 bits per heavy atom. The van der Waals surface area contributed by atoms with Crippen LogP contribution in [-0.2, 0) is 4.79 Å². The smallest absolute Gasteiger partial charge is 0.136 e. The molecule has 2 fully saturated rings. The lowest BCUT2D eigenvalue weighted by Crippen LogP contribution is -2.32. The van der Waals surface area contributed by atoms with Crippen LogP contribution in [0, 0.1) is 23.7 Å². The summed E-state index contributed by atoms with van der Waals surface area (Å²) >= 11 is 0. The van der Waals surface area contributed by atoms with Crippen molar-refractivity contribution in [1.82, 2.24) is 0 Å². The van der Waals surface area contributed by atoms with E-state index in [0.717, 1.165) is 18.8 Å². The molecule has 0 aromatic carbocycles. The molecule has 2 aliphatic carbocycles. The Kier molecular flexibility index (Phi) is 2.99. The maximum absolute atomic E-state index is 11.9. The number of rotatable bonds is 1. The molecule has 0 spiro atoms. The zero-order valence-electron chi connectivity index (χ0n) is 10.1. The topological polar surface area (TPSA) is 17.1 Å². The molecular weight excluding hydrogens is 184 g/mol. The number of allylic oxidation sites excluding steroid dienone is 2. The summed E-state index contributed by atoms with van der Waals surface area (Å²) in [7, 11) is 0. The summed E-state index contributed by atoms with van der Waals surface area (Å²) in [5.41, 5.74) is 1.37. The summed E-state index contributed by atoms with van der Waals surface area (Å²) in [6.45, 7) is 6.62. The van der Waals surface area contributed by atoms with Gasteiger partial charge in [-0.15, -0.1) is 0 Å². The fourth-order valence-electron chi connectivity index (χ4n) is 3.55. The highest BCUT2D eigenvalue weighted by atomic mass is 16.1. The maximum Gasteiger partial charge on any atom is 0.136 e. The predicted molar refractivity (Wildman–Crippen MR) is 62.5 cm³/mol. The van der Waals surface area contributed by atoms with Crippen molar-refractivity contribution >= 4 is 5.78 Å². The molecule has 4 atom stereocenters. The largest absolute Gasteiger partial charge is 0.299 e. The zero-order valence-corrected chi connectivity index (χ0v) is 10.1. The molecule has 84 valence electrons. The van der Waals surface area contributed by atoms with E-state index in [-0.39, 0.29) is 0 Å². The van der Waals surface area contributed by atoms with Gasteiger partial charge >= 0.3 is 0 Å². The Labute approximate surface area is 92.9 Å². The number of hydrogen-bond acceptors (Lipinski definition) is 1. The second-order valence-electron chi connectivity index (χ2n) is 5.66. The number of carbonyl (C=O) groups excluding carboxylic acids is 1. The SMILES string of the molecule is CC(C)=CC1CCC(C)C2CCC(=O)C12. The fourth-order valence-corrected chi connectivity index (χ4v) is 3.55. The lowest BCUT2D eigenvalue weighted by atomic mass is 9.68. The minimum absolute atomic E-state index is 0.364. The van der Waals surface area contributed by atoms with Gasteiger partial charge in [-0.3, -0.25) is 4.79 Å². The van der Waals surface area contributed by atoms with Crippen molar-refractivity contribution < 1.29 is 4.79 Å². The van der Waals surface area contributed by atoms with Crippen LogP contribution in [-0.4, -0.2) is 5.78 Å². The van der Waals surface area contributed by atoms with Gasteiger partial charge in [-0.1, -0.05) is 18.6 Å². The number of hydrogen-bond donors (Lipinski definition) is 0. The van der Waals surface area contributed by atoms with Crippen molar-refractivity contribution in [2.75, 3.05) is 0 Å². The average Bonchev–Trinajstić information content (AvgIpc) is 2.54. The van der Waals surface area contributed by atoms with Crippen molar-refractivity contribution in [2.45, 2.75) is 46.5 Å². The fraction of sp³-hybridized carbons (Fsp3) is 0.786. The molecule has 0 aliphatic heterocycles. The standard InChI is InChI=1S/C14H22O/c1-9(2)8-11-5-4-10(3)12-6-7-13(15)14(11)12/h8,10-12,14H,4-7H2,1-3H3. The molecule has 0 heterocycles. The molecule has 0 N–H and O–H groups in total. The zero-order chi connectivity index (χ0) is 11.0. The van der Waals surface area contributed by atoms with Gasteiger partial charge < -0.3 is 0 Å². The molecule has 2 rings (SSSR count). The number of Topliss-reactive ketones (excluding diaryl/α,β-unsaturated/α-hetero) is 1. The van der Waals surface area contributed by atoms with E-state index in [4.69, 9.17) is 0 Å². The van der Waals surface area contributed by atoms with Gasteiger partial charge in [0.2, 0.25) is 0 Å². The van der Waals surface area contributed by atoms with Gasteiger partial charge in [0.05, 0.1) is 0 Å². The van der Waals surface area contributed by atoms with Crippen LogP contribution in [0.15, 0.2) is 11.6 Å². The Morgan fingerprint density at radius 3 is 2.67 bits per heavy atom. The number of fused-ring (bicyclic) bond motifs is 1. The lowest BCUT2D eigenvalue weighted by Gasteiger charge is -2.36. The van der Waals surface area contributed by atoms with E-state index < -0.39 is 0 Å². The predicted octanol–water partition coefficient (Wildman–Crippen LogP) is 3.59. The molecule has 0 saturated heterocycles. The first-order chi connectivity index (χ1) is 7.09. The Morgan fingerprint density at radius 1 is 1.27 bits per heavy atom. The van der Waals surface area contributed by atoms with Crippen molar-refractivity contribution in [3.8, 4) is 0 Å². The lowest BCUT2D eigenvalue weighted by molar-refractivity contribution is -0.123. The van der Waals surface area contributed by atoms with E-state index in [1.54, 1.807) is 0 Å². The molecule has 2 aliphatic rings. The van der Waals surface area contributed by atoms with E-state index in [9.17, 15) is 4.79 Å². The van der Waals surface area contributed by atoms with Crippen LogP contribution < -0.4 is 0 Å². The van der Waals surface area contributed by atoms with Gasteiger partial charge in [0.25, 0.3) is 0 Å².